The van der Waals surface area contributed by atoms with Crippen molar-refractivity contribution in [2.45, 2.75) is 30.8 Å². The van der Waals surface area contributed by atoms with Crippen LogP contribution in [0.3, 0.4) is 0 Å². The number of rotatable bonds is 7. The van der Waals surface area contributed by atoms with E-state index in [-0.39, 0.29) is 30.2 Å². The van der Waals surface area contributed by atoms with E-state index < -0.39 is 28.9 Å². The van der Waals surface area contributed by atoms with Gasteiger partial charge in [-0.3, -0.25) is 14.6 Å². The van der Waals surface area contributed by atoms with Crippen LogP contribution in [0.25, 0.3) is 0 Å². The van der Waals surface area contributed by atoms with Crippen LogP contribution in [0.2, 0.25) is 0 Å². The van der Waals surface area contributed by atoms with Crippen molar-refractivity contribution in [3.8, 4) is 0 Å². The van der Waals surface area contributed by atoms with Crippen molar-refractivity contribution in [1.29, 1.82) is 0 Å². The molecule has 0 saturated carbocycles. The number of pyridine rings is 1. The third kappa shape index (κ3) is 5.51. The highest BCUT2D eigenvalue weighted by atomic mass is 32.2. The van der Waals surface area contributed by atoms with Crippen molar-refractivity contribution in [2.75, 3.05) is 12.3 Å². The maximum atomic E-state index is 13.8. The number of halogens is 3. The highest BCUT2D eigenvalue weighted by molar-refractivity contribution is 8.00. The van der Waals surface area contributed by atoms with Crippen LogP contribution in [-0.4, -0.2) is 45.4 Å². The molecule has 3 rings (SSSR count). The standard InChI is InChI=1S/C20H21F3N4O2S/c21-15-10-17(23)16(22)8-13(15)7-14(24)9-18(28)27-5-6-30-20(27)19(29)26-11-12-1-3-25-4-2-12/h1-4,8,10,14,20H,5-7,9,11,24H2,(H,26,29)/t14-,20?/m1/s1. The molecule has 2 atom stereocenters. The Morgan fingerprint density at radius 2 is 1.90 bits per heavy atom. The number of carbonyl (C=O) groups is 2. The SMILES string of the molecule is N[C@@H](CC(=O)N1CCSC1C(=O)NCc1ccncc1)Cc1cc(F)c(F)cc1F. The summed E-state index contributed by atoms with van der Waals surface area (Å²) in [7, 11) is 0. The first-order valence-corrected chi connectivity index (χ1v) is 10.4. The fourth-order valence-corrected chi connectivity index (χ4v) is 4.30. The highest BCUT2D eigenvalue weighted by Gasteiger charge is 2.35. The number of aromatic nitrogens is 1. The number of nitrogens with one attached hydrogen (secondary N) is 1. The number of carbonyl (C=O) groups excluding carboxylic acids is 2. The second-order valence-electron chi connectivity index (χ2n) is 6.91. The molecule has 3 N–H and O–H groups in total. The third-order valence-corrected chi connectivity index (χ3v) is 5.86. The van der Waals surface area contributed by atoms with Crippen molar-refractivity contribution >= 4 is 23.6 Å². The zero-order valence-corrected chi connectivity index (χ0v) is 16.8. The topological polar surface area (TPSA) is 88.3 Å². The van der Waals surface area contributed by atoms with Gasteiger partial charge in [-0.2, -0.15) is 0 Å². The zero-order valence-electron chi connectivity index (χ0n) is 16.0. The fourth-order valence-electron chi connectivity index (χ4n) is 3.14. The number of thioether (sulfide) groups is 1. The van der Waals surface area contributed by atoms with Crippen LogP contribution < -0.4 is 11.1 Å². The van der Waals surface area contributed by atoms with Crippen LogP contribution in [-0.2, 0) is 22.6 Å². The van der Waals surface area contributed by atoms with Crippen LogP contribution in [0, 0.1) is 17.5 Å². The molecule has 1 fully saturated rings. The molecule has 160 valence electrons. The predicted octanol–water partition coefficient (Wildman–Crippen LogP) is 1.98. The summed E-state index contributed by atoms with van der Waals surface area (Å²) in [5.74, 6) is -3.40. The van der Waals surface area contributed by atoms with Gasteiger partial charge in [-0.25, -0.2) is 13.2 Å². The Balaban J connectivity index is 1.56. The van der Waals surface area contributed by atoms with E-state index in [1.54, 1.807) is 24.5 Å². The Morgan fingerprint density at radius 3 is 2.63 bits per heavy atom. The number of nitrogens with two attached hydrogens (primary N) is 1. The smallest absolute Gasteiger partial charge is 0.253 e. The van der Waals surface area contributed by atoms with Crippen molar-refractivity contribution < 1.29 is 22.8 Å². The van der Waals surface area contributed by atoms with Crippen LogP contribution in [0.5, 0.6) is 0 Å². The average molecular weight is 438 g/mol. The Bertz CT molecular complexity index is 916. The lowest BCUT2D eigenvalue weighted by Crippen LogP contribution is -2.46. The molecular weight excluding hydrogens is 417 g/mol. The van der Waals surface area contributed by atoms with E-state index in [9.17, 15) is 22.8 Å². The van der Waals surface area contributed by atoms with E-state index >= 15 is 0 Å². The Kier molecular flexibility index (Phi) is 7.33. The van der Waals surface area contributed by atoms with Crippen molar-refractivity contribution in [1.82, 2.24) is 15.2 Å². The predicted molar refractivity (Wildman–Crippen MR) is 107 cm³/mol. The molecule has 0 aliphatic carbocycles. The van der Waals surface area contributed by atoms with Gasteiger partial charge < -0.3 is 16.0 Å². The number of benzene rings is 1. The minimum atomic E-state index is -1.28. The van der Waals surface area contributed by atoms with Crippen LogP contribution in [0.4, 0.5) is 13.2 Å². The molecule has 2 amide bonds. The van der Waals surface area contributed by atoms with Gasteiger partial charge in [0.05, 0.1) is 0 Å². The van der Waals surface area contributed by atoms with Gasteiger partial charge in [0.25, 0.3) is 5.91 Å². The Labute approximate surface area is 176 Å². The van der Waals surface area contributed by atoms with E-state index in [0.717, 1.165) is 11.6 Å². The Hall–Kier alpha value is -2.59. The van der Waals surface area contributed by atoms with Gasteiger partial charge >= 0.3 is 0 Å². The summed E-state index contributed by atoms with van der Waals surface area (Å²) in [5.41, 5.74) is 6.73. The van der Waals surface area contributed by atoms with E-state index in [1.807, 2.05) is 0 Å². The number of hydrogen-bond donors (Lipinski definition) is 2. The molecule has 1 saturated heterocycles. The third-order valence-electron chi connectivity index (χ3n) is 4.66. The molecule has 0 spiro atoms. The fraction of sp³-hybridized carbons (Fsp3) is 0.350. The van der Waals surface area contributed by atoms with E-state index in [0.29, 0.717) is 24.9 Å². The van der Waals surface area contributed by atoms with Crippen molar-refractivity contribution in [2.24, 2.45) is 5.73 Å². The first kappa shape index (κ1) is 22.1. The highest BCUT2D eigenvalue weighted by Crippen LogP contribution is 2.25. The molecule has 0 bridgehead atoms. The van der Waals surface area contributed by atoms with Crippen LogP contribution in [0.1, 0.15) is 17.5 Å². The maximum Gasteiger partial charge on any atom is 0.253 e. The maximum absolute atomic E-state index is 13.8. The molecule has 6 nitrogen and oxygen atoms in total. The molecule has 30 heavy (non-hydrogen) atoms. The molecule has 1 aromatic carbocycles. The van der Waals surface area contributed by atoms with Crippen LogP contribution in [0.15, 0.2) is 36.7 Å². The monoisotopic (exact) mass is 438 g/mol. The number of nitrogens with zero attached hydrogens (tertiary/aromatic N) is 2. The van der Waals surface area contributed by atoms with Gasteiger partial charge in [-0.15, -0.1) is 11.8 Å². The van der Waals surface area contributed by atoms with E-state index in [2.05, 4.69) is 10.3 Å². The lowest BCUT2D eigenvalue weighted by Gasteiger charge is -2.24. The second-order valence-corrected chi connectivity index (χ2v) is 8.10. The summed E-state index contributed by atoms with van der Waals surface area (Å²) >= 11 is 1.35. The first-order chi connectivity index (χ1) is 14.3. The molecule has 1 aliphatic heterocycles. The number of amides is 2. The number of hydrogen-bond acceptors (Lipinski definition) is 5. The average Bonchev–Trinajstić information content (AvgIpc) is 3.21. The minimum Gasteiger partial charge on any atom is -0.349 e. The summed E-state index contributed by atoms with van der Waals surface area (Å²) in [6, 6.07) is 3.96. The second kappa shape index (κ2) is 9.94. The summed E-state index contributed by atoms with van der Waals surface area (Å²) < 4.78 is 40.2. The largest absolute Gasteiger partial charge is 0.349 e. The van der Waals surface area contributed by atoms with Crippen molar-refractivity contribution in [3.63, 3.8) is 0 Å². The zero-order chi connectivity index (χ0) is 21.7. The van der Waals surface area contributed by atoms with Gasteiger partial charge in [0.1, 0.15) is 5.82 Å². The van der Waals surface area contributed by atoms with Gasteiger partial charge in [0.15, 0.2) is 17.0 Å². The Morgan fingerprint density at radius 1 is 1.20 bits per heavy atom. The molecule has 2 heterocycles. The van der Waals surface area contributed by atoms with Crippen LogP contribution >= 0.6 is 11.8 Å². The van der Waals surface area contributed by atoms with E-state index in [1.165, 1.54) is 16.7 Å². The minimum absolute atomic E-state index is 0.100. The molecule has 1 aromatic heterocycles. The molecule has 2 aromatic rings. The summed E-state index contributed by atoms with van der Waals surface area (Å²) in [6.07, 6.45) is 2.97. The molecule has 1 unspecified atom stereocenters. The van der Waals surface area contributed by atoms with Gasteiger partial charge in [0.2, 0.25) is 5.91 Å². The summed E-state index contributed by atoms with van der Waals surface area (Å²) in [5, 5.41) is 2.12. The van der Waals surface area contributed by atoms with Gasteiger partial charge in [-0.05, 0) is 35.7 Å². The van der Waals surface area contributed by atoms with E-state index in [4.69, 9.17) is 5.73 Å². The lowest BCUT2D eigenvalue weighted by atomic mass is 10.0. The molecule has 1 aliphatic rings. The summed E-state index contributed by atoms with van der Waals surface area (Å²) in [4.78, 5) is 30.5. The first-order valence-electron chi connectivity index (χ1n) is 9.32. The summed E-state index contributed by atoms with van der Waals surface area (Å²) in [6.45, 7) is 0.707. The van der Waals surface area contributed by atoms with Gasteiger partial charge in [-0.1, -0.05) is 0 Å². The van der Waals surface area contributed by atoms with Gasteiger partial charge in [0, 0.05) is 49.8 Å². The van der Waals surface area contributed by atoms with Crippen molar-refractivity contribution in [3.05, 3.63) is 65.2 Å². The lowest BCUT2D eigenvalue weighted by molar-refractivity contribution is -0.136. The molecule has 0 radical (unpaired) electrons. The quantitative estimate of drug-likeness (QED) is 0.646. The molecule has 10 heteroatoms. The normalized spacial score (nSPS) is 17.1. The molecular formula is C20H21F3N4O2S.